The van der Waals surface area contributed by atoms with Gasteiger partial charge in [0.25, 0.3) is 0 Å². The summed E-state index contributed by atoms with van der Waals surface area (Å²) < 4.78 is 0. The van der Waals surface area contributed by atoms with Crippen LogP contribution in [0, 0.1) is 0 Å². The number of hydrogen-bond donors (Lipinski definition) is 1. The highest BCUT2D eigenvalue weighted by molar-refractivity contribution is 5.73. The molecule has 0 radical (unpaired) electrons. The van der Waals surface area contributed by atoms with Crippen LogP contribution in [0.25, 0.3) is 6.08 Å². The summed E-state index contributed by atoms with van der Waals surface area (Å²) >= 11 is 0. The summed E-state index contributed by atoms with van der Waals surface area (Å²) in [5.41, 5.74) is 1.53. The molecular formula is C7H7NO. The second-order valence-electron chi connectivity index (χ2n) is 1.71. The van der Waals surface area contributed by atoms with E-state index in [1.54, 1.807) is 18.3 Å². The van der Waals surface area contributed by atoms with E-state index in [2.05, 4.69) is 11.6 Å². The van der Waals surface area contributed by atoms with Gasteiger partial charge >= 0.3 is 0 Å². The van der Waals surface area contributed by atoms with Crippen LogP contribution in [-0.2, 0) is 0 Å². The van der Waals surface area contributed by atoms with Crippen molar-refractivity contribution < 1.29 is 4.79 Å². The van der Waals surface area contributed by atoms with Crippen molar-refractivity contribution in [3.05, 3.63) is 30.1 Å². The summed E-state index contributed by atoms with van der Waals surface area (Å²) in [5.74, 6) is 0. The third-order valence-corrected chi connectivity index (χ3v) is 1.09. The molecule has 2 nitrogen and oxygen atoms in total. The van der Waals surface area contributed by atoms with Crippen LogP contribution >= 0.6 is 0 Å². The summed E-state index contributed by atoms with van der Waals surface area (Å²) in [5, 5.41) is 0. The number of aromatic nitrogens is 1. The van der Waals surface area contributed by atoms with Gasteiger partial charge in [-0.3, -0.25) is 4.79 Å². The lowest BCUT2D eigenvalue weighted by atomic mass is 10.3. The Labute approximate surface area is 53.2 Å². The quantitative estimate of drug-likeness (QED) is 0.590. The molecule has 0 aliphatic heterocycles. The molecule has 0 aliphatic carbocycles. The van der Waals surface area contributed by atoms with Gasteiger partial charge in [0, 0.05) is 6.20 Å². The van der Waals surface area contributed by atoms with Crippen molar-refractivity contribution in [1.82, 2.24) is 4.98 Å². The summed E-state index contributed by atoms with van der Waals surface area (Å²) in [6, 6.07) is 1.74. The van der Waals surface area contributed by atoms with E-state index in [0.29, 0.717) is 5.69 Å². The predicted octanol–water partition coefficient (Wildman–Crippen LogP) is 1.47. The summed E-state index contributed by atoms with van der Waals surface area (Å²) in [4.78, 5) is 12.8. The van der Waals surface area contributed by atoms with E-state index in [1.165, 1.54) is 0 Å². The number of H-pyrrole nitrogens is 1. The molecule has 1 aromatic heterocycles. The molecule has 1 heterocycles. The Morgan fingerprint density at radius 3 is 2.78 bits per heavy atom. The summed E-state index contributed by atoms with van der Waals surface area (Å²) in [6.45, 7) is 3.54. The van der Waals surface area contributed by atoms with E-state index in [-0.39, 0.29) is 0 Å². The van der Waals surface area contributed by atoms with Crippen LogP contribution in [0.3, 0.4) is 0 Å². The fraction of sp³-hybridized carbons (Fsp3) is 0. The first-order valence-electron chi connectivity index (χ1n) is 2.63. The van der Waals surface area contributed by atoms with Gasteiger partial charge in [-0.1, -0.05) is 12.7 Å². The fourth-order valence-corrected chi connectivity index (χ4v) is 0.615. The Morgan fingerprint density at radius 2 is 2.44 bits per heavy atom. The zero-order valence-corrected chi connectivity index (χ0v) is 4.92. The number of carbonyl (C=O) groups is 1. The van der Waals surface area contributed by atoms with Gasteiger partial charge in [-0.25, -0.2) is 0 Å². The van der Waals surface area contributed by atoms with E-state index in [1.807, 2.05) is 0 Å². The summed E-state index contributed by atoms with van der Waals surface area (Å²) in [7, 11) is 0. The van der Waals surface area contributed by atoms with Gasteiger partial charge < -0.3 is 4.98 Å². The number of carbonyl (C=O) groups excluding carboxylic acids is 1. The zero-order chi connectivity index (χ0) is 6.69. The number of rotatable bonds is 2. The molecule has 0 saturated heterocycles. The first kappa shape index (κ1) is 5.82. The van der Waals surface area contributed by atoms with Gasteiger partial charge in [0.15, 0.2) is 6.29 Å². The van der Waals surface area contributed by atoms with Gasteiger partial charge in [0.05, 0.1) is 5.69 Å². The largest absolute Gasteiger partial charge is 0.358 e. The molecule has 0 amide bonds. The summed E-state index contributed by atoms with van der Waals surface area (Å²) in [6.07, 6.45) is 4.19. The molecule has 0 fully saturated rings. The first-order chi connectivity index (χ1) is 4.36. The lowest BCUT2D eigenvalue weighted by Crippen LogP contribution is -1.72. The minimum atomic E-state index is 0.588. The van der Waals surface area contributed by atoms with E-state index >= 15 is 0 Å². The third-order valence-electron chi connectivity index (χ3n) is 1.09. The van der Waals surface area contributed by atoms with Crippen LogP contribution in [-0.4, -0.2) is 11.3 Å². The average molecular weight is 121 g/mol. The molecular weight excluding hydrogens is 114 g/mol. The smallest absolute Gasteiger partial charge is 0.166 e. The maximum atomic E-state index is 10.1. The van der Waals surface area contributed by atoms with Crippen molar-refractivity contribution in [1.29, 1.82) is 0 Å². The molecule has 0 atom stereocenters. The van der Waals surface area contributed by atoms with E-state index in [9.17, 15) is 4.79 Å². The average Bonchev–Trinajstić information content (AvgIpc) is 2.34. The molecule has 0 spiro atoms. The molecule has 1 aromatic rings. The fourth-order valence-electron chi connectivity index (χ4n) is 0.615. The Balaban J connectivity index is 2.98. The van der Waals surface area contributed by atoms with Crippen molar-refractivity contribution in [3.63, 3.8) is 0 Å². The molecule has 2 heteroatoms. The minimum Gasteiger partial charge on any atom is -0.358 e. The normalized spacial score (nSPS) is 8.89. The maximum Gasteiger partial charge on any atom is 0.166 e. The highest BCUT2D eigenvalue weighted by Crippen LogP contribution is 2.01. The Morgan fingerprint density at radius 1 is 1.67 bits per heavy atom. The van der Waals surface area contributed by atoms with E-state index in [0.717, 1.165) is 11.8 Å². The molecule has 9 heavy (non-hydrogen) atoms. The molecule has 1 N–H and O–H groups in total. The minimum absolute atomic E-state index is 0.588. The van der Waals surface area contributed by atoms with Crippen molar-refractivity contribution >= 4 is 12.4 Å². The molecule has 0 unspecified atom stereocenters. The maximum absolute atomic E-state index is 10.1. The van der Waals surface area contributed by atoms with Crippen LogP contribution in [0.2, 0.25) is 0 Å². The highest BCUT2D eigenvalue weighted by atomic mass is 16.1. The lowest BCUT2D eigenvalue weighted by Gasteiger charge is -1.73. The zero-order valence-electron chi connectivity index (χ0n) is 4.92. The van der Waals surface area contributed by atoms with Gasteiger partial charge in [-0.15, -0.1) is 0 Å². The van der Waals surface area contributed by atoms with Crippen molar-refractivity contribution in [2.75, 3.05) is 0 Å². The van der Waals surface area contributed by atoms with Crippen molar-refractivity contribution in [3.8, 4) is 0 Å². The first-order valence-corrected chi connectivity index (χ1v) is 2.63. The molecule has 0 aliphatic rings. The predicted molar refractivity (Wildman–Crippen MR) is 36.3 cm³/mol. The number of hydrogen-bond acceptors (Lipinski definition) is 1. The van der Waals surface area contributed by atoms with Crippen LogP contribution in [0.1, 0.15) is 16.1 Å². The van der Waals surface area contributed by atoms with Crippen LogP contribution in [0.15, 0.2) is 18.8 Å². The van der Waals surface area contributed by atoms with Gasteiger partial charge in [0.2, 0.25) is 0 Å². The van der Waals surface area contributed by atoms with Gasteiger partial charge in [-0.05, 0) is 11.6 Å². The SMILES string of the molecule is C=Cc1c[nH]c(C=O)c1. The van der Waals surface area contributed by atoms with E-state index < -0.39 is 0 Å². The van der Waals surface area contributed by atoms with E-state index in [4.69, 9.17) is 0 Å². The second kappa shape index (κ2) is 2.31. The molecule has 0 aromatic carbocycles. The van der Waals surface area contributed by atoms with Crippen LogP contribution in [0.4, 0.5) is 0 Å². The Kier molecular flexibility index (Phi) is 1.49. The third kappa shape index (κ3) is 1.08. The van der Waals surface area contributed by atoms with Gasteiger partial charge in [0.1, 0.15) is 0 Å². The van der Waals surface area contributed by atoms with Crippen molar-refractivity contribution in [2.24, 2.45) is 0 Å². The topological polar surface area (TPSA) is 32.9 Å². The Hall–Kier alpha value is -1.31. The molecule has 46 valence electrons. The number of aldehydes is 1. The highest BCUT2D eigenvalue weighted by Gasteiger charge is 1.90. The lowest BCUT2D eigenvalue weighted by molar-refractivity contribution is 0.111. The molecule has 1 rings (SSSR count). The number of aromatic amines is 1. The van der Waals surface area contributed by atoms with Crippen LogP contribution in [0.5, 0.6) is 0 Å². The standard InChI is InChI=1S/C7H7NO/c1-2-6-3-7(5-9)8-4-6/h2-5,8H,1H2. The number of nitrogens with one attached hydrogen (secondary N) is 1. The van der Waals surface area contributed by atoms with Crippen LogP contribution < -0.4 is 0 Å². The Bertz CT molecular complexity index is 202. The van der Waals surface area contributed by atoms with Crippen molar-refractivity contribution in [2.45, 2.75) is 0 Å². The molecule has 0 saturated carbocycles. The molecule has 0 bridgehead atoms. The van der Waals surface area contributed by atoms with Gasteiger partial charge in [-0.2, -0.15) is 0 Å². The monoisotopic (exact) mass is 121 g/mol. The second-order valence-corrected chi connectivity index (χ2v) is 1.71.